The summed E-state index contributed by atoms with van der Waals surface area (Å²) in [5.74, 6) is -1.93. The molecule has 0 fully saturated rings. The molecule has 0 saturated carbocycles. The van der Waals surface area contributed by atoms with Gasteiger partial charge in [-0.05, 0) is 24.3 Å². The Labute approximate surface area is 131 Å². The van der Waals surface area contributed by atoms with Crippen molar-refractivity contribution < 1.29 is 22.8 Å². The molecule has 0 spiro atoms. The number of nitrogens with one attached hydrogen (secondary N) is 1. The molecular weight excluding hydrogens is 306 g/mol. The van der Waals surface area contributed by atoms with E-state index in [9.17, 15) is 18.4 Å². The second-order valence-electron chi connectivity index (χ2n) is 4.91. The van der Waals surface area contributed by atoms with Gasteiger partial charge in [0.05, 0.1) is 12.8 Å². The van der Waals surface area contributed by atoms with E-state index >= 15 is 0 Å². The van der Waals surface area contributed by atoms with Gasteiger partial charge in [0.25, 0.3) is 0 Å². The number of anilines is 1. The number of carbonyl (C=O) groups is 2. The first-order chi connectivity index (χ1) is 11.0. The third-order valence-corrected chi connectivity index (χ3v) is 3.21. The second kappa shape index (κ2) is 7.53. The van der Waals surface area contributed by atoms with Crippen molar-refractivity contribution in [3.8, 4) is 0 Å². The van der Waals surface area contributed by atoms with Crippen molar-refractivity contribution in [3.05, 3.63) is 54.0 Å². The molecule has 0 aliphatic heterocycles. The molecule has 1 aromatic carbocycles. The predicted octanol–water partition coefficient (Wildman–Crippen LogP) is 2.94. The lowest BCUT2D eigenvalue weighted by molar-refractivity contribution is -0.130. The Hall–Kier alpha value is -2.70. The van der Waals surface area contributed by atoms with E-state index in [0.29, 0.717) is 5.76 Å². The van der Waals surface area contributed by atoms with E-state index in [0.717, 1.165) is 12.1 Å². The molecule has 7 heteroatoms. The molecule has 2 rings (SSSR count). The van der Waals surface area contributed by atoms with Gasteiger partial charge in [-0.2, -0.15) is 0 Å². The SMILES string of the molecule is CC(=O)N(CCC(=O)Nc1c(F)cccc1F)Cc1ccco1. The molecule has 0 unspecified atom stereocenters. The van der Waals surface area contributed by atoms with E-state index in [-0.39, 0.29) is 25.4 Å². The molecule has 1 heterocycles. The maximum absolute atomic E-state index is 13.5. The van der Waals surface area contributed by atoms with Gasteiger partial charge >= 0.3 is 0 Å². The topological polar surface area (TPSA) is 62.6 Å². The Morgan fingerprint density at radius 1 is 1.17 bits per heavy atom. The third kappa shape index (κ3) is 4.64. The van der Waals surface area contributed by atoms with Crippen molar-refractivity contribution in [3.63, 3.8) is 0 Å². The molecule has 0 bridgehead atoms. The van der Waals surface area contributed by atoms with Gasteiger partial charge in [0.2, 0.25) is 11.8 Å². The Balaban J connectivity index is 1.92. The van der Waals surface area contributed by atoms with Crippen molar-refractivity contribution >= 4 is 17.5 Å². The van der Waals surface area contributed by atoms with Crippen LogP contribution in [0.4, 0.5) is 14.5 Å². The first-order valence-corrected chi connectivity index (χ1v) is 6.99. The molecule has 2 aromatic rings. The molecule has 0 aliphatic carbocycles. The molecule has 0 aliphatic rings. The summed E-state index contributed by atoms with van der Waals surface area (Å²) in [6.45, 7) is 1.71. The van der Waals surface area contributed by atoms with Gasteiger partial charge in [-0.1, -0.05) is 6.07 Å². The van der Waals surface area contributed by atoms with Crippen molar-refractivity contribution in [2.45, 2.75) is 19.9 Å². The summed E-state index contributed by atoms with van der Waals surface area (Å²) >= 11 is 0. The van der Waals surface area contributed by atoms with Gasteiger partial charge in [0.1, 0.15) is 23.1 Å². The Kier molecular flexibility index (Phi) is 5.46. The number of halogens is 2. The molecule has 23 heavy (non-hydrogen) atoms. The van der Waals surface area contributed by atoms with E-state index in [4.69, 9.17) is 4.42 Å². The number of benzene rings is 1. The highest BCUT2D eigenvalue weighted by molar-refractivity contribution is 5.91. The smallest absolute Gasteiger partial charge is 0.226 e. The van der Waals surface area contributed by atoms with Crippen LogP contribution in [-0.2, 0) is 16.1 Å². The molecule has 0 saturated heterocycles. The van der Waals surface area contributed by atoms with Crippen LogP contribution in [-0.4, -0.2) is 23.3 Å². The summed E-state index contributed by atoms with van der Waals surface area (Å²) in [6, 6.07) is 6.72. The second-order valence-corrected chi connectivity index (χ2v) is 4.91. The number of nitrogens with zero attached hydrogens (tertiary/aromatic N) is 1. The lowest BCUT2D eigenvalue weighted by Gasteiger charge is -2.19. The molecule has 1 N–H and O–H groups in total. The number of furan rings is 1. The van der Waals surface area contributed by atoms with Crippen molar-refractivity contribution in [2.75, 3.05) is 11.9 Å². The lowest BCUT2D eigenvalue weighted by Crippen LogP contribution is -2.31. The highest BCUT2D eigenvalue weighted by Crippen LogP contribution is 2.18. The highest BCUT2D eigenvalue weighted by Gasteiger charge is 2.15. The quantitative estimate of drug-likeness (QED) is 0.889. The van der Waals surface area contributed by atoms with Gasteiger partial charge in [0.15, 0.2) is 0 Å². The molecule has 2 amide bonds. The fourth-order valence-electron chi connectivity index (χ4n) is 1.99. The van der Waals surface area contributed by atoms with Crippen LogP contribution in [0.3, 0.4) is 0 Å². The van der Waals surface area contributed by atoms with Crippen LogP contribution in [0.5, 0.6) is 0 Å². The third-order valence-electron chi connectivity index (χ3n) is 3.21. The van der Waals surface area contributed by atoms with E-state index in [1.807, 2.05) is 0 Å². The van der Waals surface area contributed by atoms with E-state index in [1.165, 1.54) is 24.2 Å². The largest absolute Gasteiger partial charge is 0.467 e. The summed E-state index contributed by atoms with van der Waals surface area (Å²) < 4.78 is 32.1. The van der Waals surface area contributed by atoms with Crippen LogP contribution in [0.1, 0.15) is 19.1 Å². The number of para-hydroxylation sites is 1. The summed E-state index contributed by atoms with van der Waals surface area (Å²) in [5, 5.41) is 2.18. The van der Waals surface area contributed by atoms with Gasteiger partial charge in [-0.3, -0.25) is 9.59 Å². The van der Waals surface area contributed by atoms with Gasteiger partial charge in [-0.15, -0.1) is 0 Å². The molecule has 0 radical (unpaired) electrons. The van der Waals surface area contributed by atoms with Crippen molar-refractivity contribution in [2.24, 2.45) is 0 Å². The maximum Gasteiger partial charge on any atom is 0.226 e. The zero-order valence-electron chi connectivity index (χ0n) is 12.5. The van der Waals surface area contributed by atoms with Crippen LogP contribution in [0, 0.1) is 11.6 Å². The Morgan fingerprint density at radius 2 is 1.87 bits per heavy atom. The minimum Gasteiger partial charge on any atom is -0.467 e. The fourth-order valence-corrected chi connectivity index (χ4v) is 1.99. The highest BCUT2D eigenvalue weighted by atomic mass is 19.1. The van der Waals surface area contributed by atoms with Crippen molar-refractivity contribution in [1.29, 1.82) is 0 Å². The van der Waals surface area contributed by atoms with E-state index < -0.39 is 23.2 Å². The van der Waals surface area contributed by atoms with Crippen LogP contribution in [0.25, 0.3) is 0 Å². The standard InChI is InChI=1S/C16H16F2N2O3/c1-11(21)20(10-12-4-3-9-23-12)8-7-15(22)19-16-13(17)5-2-6-14(16)18/h2-6,9H,7-8,10H2,1H3,(H,19,22). The number of hydrogen-bond donors (Lipinski definition) is 1. The Morgan fingerprint density at radius 3 is 2.43 bits per heavy atom. The monoisotopic (exact) mass is 322 g/mol. The summed E-state index contributed by atoms with van der Waals surface area (Å²) in [6.07, 6.45) is 1.40. The van der Waals surface area contributed by atoms with Crippen LogP contribution < -0.4 is 5.32 Å². The summed E-state index contributed by atoms with van der Waals surface area (Å²) in [7, 11) is 0. The van der Waals surface area contributed by atoms with Crippen molar-refractivity contribution in [1.82, 2.24) is 4.90 Å². The average molecular weight is 322 g/mol. The minimum absolute atomic E-state index is 0.0892. The lowest BCUT2D eigenvalue weighted by atomic mass is 10.2. The predicted molar refractivity (Wildman–Crippen MR) is 79.4 cm³/mol. The van der Waals surface area contributed by atoms with E-state index in [2.05, 4.69) is 5.32 Å². The number of amides is 2. The normalized spacial score (nSPS) is 10.4. The molecule has 122 valence electrons. The van der Waals surface area contributed by atoms with Gasteiger partial charge in [0, 0.05) is 19.9 Å². The molecule has 1 aromatic heterocycles. The average Bonchev–Trinajstić information content (AvgIpc) is 3.00. The Bertz CT molecular complexity index is 666. The summed E-state index contributed by atoms with van der Waals surface area (Å²) in [4.78, 5) is 24.8. The van der Waals surface area contributed by atoms with Gasteiger partial charge < -0.3 is 14.6 Å². The van der Waals surface area contributed by atoms with Crippen LogP contribution in [0.15, 0.2) is 41.0 Å². The van der Waals surface area contributed by atoms with Crippen LogP contribution in [0.2, 0.25) is 0 Å². The van der Waals surface area contributed by atoms with E-state index in [1.54, 1.807) is 12.1 Å². The summed E-state index contributed by atoms with van der Waals surface area (Å²) in [5.41, 5.74) is -0.488. The van der Waals surface area contributed by atoms with Crippen LogP contribution >= 0.6 is 0 Å². The minimum atomic E-state index is -0.850. The van der Waals surface area contributed by atoms with Gasteiger partial charge in [-0.25, -0.2) is 8.78 Å². The fraction of sp³-hybridized carbons (Fsp3) is 0.250. The zero-order chi connectivity index (χ0) is 16.8. The number of hydrogen-bond acceptors (Lipinski definition) is 3. The molecular formula is C16H16F2N2O3. The number of rotatable bonds is 6. The molecule has 0 atom stereocenters. The zero-order valence-corrected chi connectivity index (χ0v) is 12.5. The first kappa shape index (κ1) is 16.7. The maximum atomic E-state index is 13.5. The number of carbonyl (C=O) groups excluding carboxylic acids is 2. The first-order valence-electron chi connectivity index (χ1n) is 6.99. The molecule has 5 nitrogen and oxygen atoms in total.